The monoisotopic (exact) mass is 546 g/mol. The smallest absolute Gasteiger partial charge is 0.248 e. The second-order valence-electron chi connectivity index (χ2n) is 11.6. The van der Waals surface area contributed by atoms with E-state index < -0.39 is 35.1 Å². The number of aliphatic hydroxyl groups is 1. The van der Waals surface area contributed by atoms with Crippen LogP contribution in [0.3, 0.4) is 0 Å². The molecule has 4 heterocycles. The fraction of sp³-hybridized carbons (Fsp3) is 0.759. The Morgan fingerprint density at radius 2 is 1.77 bits per heavy atom. The average Bonchev–Trinajstić information content (AvgIpc) is 3.51. The average molecular weight is 547 g/mol. The molecule has 3 amide bonds. The SMILES string of the molecule is C=CCN(CCN1CCOCC1)C(=O)C1N([C@H](C)CO)C(=O)[C@@H]2[C@@H](C(=O)N(CC=C)CCC)[C@@]3(C)CCC12O3. The third-order valence-electron chi connectivity index (χ3n) is 9.06. The van der Waals surface area contributed by atoms with E-state index in [4.69, 9.17) is 9.47 Å². The quantitative estimate of drug-likeness (QED) is 0.343. The predicted molar refractivity (Wildman–Crippen MR) is 147 cm³/mol. The molecule has 0 radical (unpaired) electrons. The highest BCUT2D eigenvalue weighted by Crippen LogP contribution is 2.63. The van der Waals surface area contributed by atoms with E-state index in [-0.39, 0.29) is 24.3 Å². The minimum absolute atomic E-state index is 0.126. The van der Waals surface area contributed by atoms with Crippen molar-refractivity contribution < 1.29 is 29.0 Å². The number of hydrogen-bond donors (Lipinski definition) is 1. The van der Waals surface area contributed by atoms with Gasteiger partial charge in [-0.05, 0) is 33.1 Å². The summed E-state index contributed by atoms with van der Waals surface area (Å²) in [5.41, 5.74) is -1.95. The van der Waals surface area contributed by atoms with Crippen molar-refractivity contribution in [3.63, 3.8) is 0 Å². The first-order valence-corrected chi connectivity index (χ1v) is 14.4. The van der Waals surface area contributed by atoms with Crippen LogP contribution in [0.25, 0.3) is 0 Å². The first kappa shape index (κ1) is 29.7. The Labute approximate surface area is 232 Å². The zero-order valence-electron chi connectivity index (χ0n) is 23.8. The molecule has 4 aliphatic heterocycles. The highest BCUT2D eigenvalue weighted by Gasteiger charge is 2.78. The summed E-state index contributed by atoms with van der Waals surface area (Å²) in [7, 11) is 0. The lowest BCUT2D eigenvalue weighted by Crippen LogP contribution is -2.59. The van der Waals surface area contributed by atoms with E-state index in [0.717, 1.165) is 19.5 Å². The second kappa shape index (κ2) is 12.1. The molecular formula is C29H46N4O6. The van der Waals surface area contributed by atoms with E-state index in [1.54, 1.807) is 28.9 Å². The molecule has 0 aliphatic carbocycles. The summed E-state index contributed by atoms with van der Waals surface area (Å²) < 4.78 is 12.2. The van der Waals surface area contributed by atoms with Gasteiger partial charge in [0.2, 0.25) is 17.7 Å². The molecule has 4 aliphatic rings. The van der Waals surface area contributed by atoms with Crippen molar-refractivity contribution in [2.24, 2.45) is 11.8 Å². The zero-order valence-corrected chi connectivity index (χ0v) is 23.8. The number of carbonyl (C=O) groups is 3. The van der Waals surface area contributed by atoms with E-state index in [2.05, 4.69) is 18.1 Å². The van der Waals surface area contributed by atoms with Gasteiger partial charge >= 0.3 is 0 Å². The molecule has 10 heteroatoms. The van der Waals surface area contributed by atoms with Crippen molar-refractivity contribution in [1.82, 2.24) is 19.6 Å². The van der Waals surface area contributed by atoms with Crippen LogP contribution in [0.1, 0.15) is 40.0 Å². The van der Waals surface area contributed by atoms with Crippen LogP contribution >= 0.6 is 0 Å². The van der Waals surface area contributed by atoms with Gasteiger partial charge in [-0.25, -0.2) is 0 Å². The first-order chi connectivity index (χ1) is 18.7. The minimum Gasteiger partial charge on any atom is -0.394 e. The molecule has 2 unspecified atom stereocenters. The van der Waals surface area contributed by atoms with Crippen molar-refractivity contribution in [1.29, 1.82) is 0 Å². The maximum absolute atomic E-state index is 14.4. The molecule has 0 aromatic carbocycles. The fourth-order valence-electron chi connectivity index (χ4n) is 7.20. The Kier molecular flexibility index (Phi) is 9.20. The molecule has 39 heavy (non-hydrogen) atoms. The Morgan fingerprint density at radius 3 is 2.36 bits per heavy atom. The Bertz CT molecular complexity index is 954. The van der Waals surface area contributed by atoms with Gasteiger partial charge in [0, 0.05) is 45.8 Å². The lowest BCUT2D eigenvalue weighted by Gasteiger charge is -2.39. The number of likely N-dealkylation sites (tertiary alicyclic amines) is 1. The van der Waals surface area contributed by atoms with E-state index in [1.807, 2.05) is 13.8 Å². The van der Waals surface area contributed by atoms with Crippen LogP contribution in [0.4, 0.5) is 0 Å². The van der Waals surface area contributed by atoms with Gasteiger partial charge in [-0.2, -0.15) is 0 Å². The van der Waals surface area contributed by atoms with E-state index in [0.29, 0.717) is 58.8 Å². The van der Waals surface area contributed by atoms with Crippen molar-refractivity contribution in [2.45, 2.75) is 63.3 Å². The van der Waals surface area contributed by atoms with Gasteiger partial charge in [0.15, 0.2) is 0 Å². The van der Waals surface area contributed by atoms with Gasteiger partial charge in [0.25, 0.3) is 0 Å². The van der Waals surface area contributed by atoms with Crippen LogP contribution in [0.5, 0.6) is 0 Å². The van der Waals surface area contributed by atoms with E-state index in [1.165, 1.54) is 4.90 Å². The second-order valence-corrected chi connectivity index (χ2v) is 11.6. The van der Waals surface area contributed by atoms with Gasteiger partial charge in [-0.15, -0.1) is 13.2 Å². The number of hydrogen-bond acceptors (Lipinski definition) is 7. The van der Waals surface area contributed by atoms with Crippen molar-refractivity contribution in [2.75, 3.05) is 65.6 Å². The zero-order chi connectivity index (χ0) is 28.4. The Hall–Kier alpha value is -2.27. The number of carbonyl (C=O) groups excluding carboxylic acids is 3. The maximum atomic E-state index is 14.4. The molecular weight excluding hydrogens is 500 g/mol. The Balaban J connectivity index is 1.69. The van der Waals surface area contributed by atoms with E-state index >= 15 is 0 Å². The summed E-state index contributed by atoms with van der Waals surface area (Å²) in [5.74, 6) is -2.09. The molecule has 4 saturated heterocycles. The summed E-state index contributed by atoms with van der Waals surface area (Å²) in [5, 5.41) is 10.1. The van der Waals surface area contributed by atoms with Crippen LogP contribution in [0.2, 0.25) is 0 Å². The number of nitrogens with zero attached hydrogens (tertiary/aromatic N) is 4. The molecule has 6 atom stereocenters. The lowest BCUT2D eigenvalue weighted by atomic mass is 9.66. The summed E-state index contributed by atoms with van der Waals surface area (Å²) in [4.78, 5) is 49.9. The molecule has 4 rings (SSSR count). The lowest BCUT2D eigenvalue weighted by molar-refractivity contribution is -0.156. The normalized spacial score (nSPS) is 32.7. The van der Waals surface area contributed by atoms with Crippen LogP contribution in [0.15, 0.2) is 25.3 Å². The van der Waals surface area contributed by atoms with Crippen LogP contribution < -0.4 is 0 Å². The minimum atomic E-state index is -1.11. The molecule has 4 fully saturated rings. The number of fused-ring (bicyclic) bond motifs is 1. The number of rotatable bonds is 13. The molecule has 0 aromatic heterocycles. The van der Waals surface area contributed by atoms with Gasteiger partial charge in [0.1, 0.15) is 11.6 Å². The molecule has 0 aromatic rings. The highest BCUT2D eigenvalue weighted by molar-refractivity contribution is 5.99. The topological polar surface area (TPSA) is 103 Å². The molecule has 10 nitrogen and oxygen atoms in total. The predicted octanol–water partition coefficient (Wildman–Crippen LogP) is 0.903. The van der Waals surface area contributed by atoms with Gasteiger partial charge < -0.3 is 29.3 Å². The number of amides is 3. The van der Waals surface area contributed by atoms with Gasteiger partial charge in [-0.1, -0.05) is 19.1 Å². The number of aliphatic hydroxyl groups excluding tert-OH is 1. The van der Waals surface area contributed by atoms with Gasteiger partial charge in [0.05, 0.1) is 43.3 Å². The molecule has 1 spiro atoms. The third kappa shape index (κ3) is 5.16. The van der Waals surface area contributed by atoms with Gasteiger partial charge in [-0.3, -0.25) is 19.3 Å². The maximum Gasteiger partial charge on any atom is 0.248 e. The third-order valence-corrected chi connectivity index (χ3v) is 9.06. The number of morpholine rings is 1. The number of ether oxygens (including phenoxy) is 2. The van der Waals surface area contributed by atoms with Crippen LogP contribution in [-0.2, 0) is 23.9 Å². The van der Waals surface area contributed by atoms with Crippen LogP contribution in [-0.4, -0.2) is 131 Å². The van der Waals surface area contributed by atoms with Crippen molar-refractivity contribution >= 4 is 17.7 Å². The fourth-order valence-corrected chi connectivity index (χ4v) is 7.20. The standard InChI is InChI=1S/C29H46N4O6/c1-6-11-31(12-7-2)25(35)22-23-26(36)33(21(4)20-34)24(29(23)10-9-28(22,5)39-29)27(37)32(13-8-3)15-14-30-16-18-38-19-17-30/h6,8,21-24,34H,1,3,7,9-20H2,2,4-5H3/t21-,22+,23+,24?,28-,29?/m1/s1. The van der Waals surface area contributed by atoms with Crippen molar-refractivity contribution in [3.8, 4) is 0 Å². The summed E-state index contributed by atoms with van der Waals surface area (Å²) in [6, 6.07) is -1.51. The van der Waals surface area contributed by atoms with Crippen molar-refractivity contribution in [3.05, 3.63) is 25.3 Å². The summed E-state index contributed by atoms with van der Waals surface area (Å²) >= 11 is 0. The molecule has 218 valence electrons. The molecule has 2 bridgehead atoms. The highest BCUT2D eigenvalue weighted by atomic mass is 16.5. The first-order valence-electron chi connectivity index (χ1n) is 14.4. The van der Waals surface area contributed by atoms with E-state index in [9.17, 15) is 19.5 Å². The summed E-state index contributed by atoms with van der Waals surface area (Å²) in [6.07, 6.45) is 5.27. The van der Waals surface area contributed by atoms with Crippen LogP contribution in [0, 0.1) is 11.8 Å². The molecule has 1 N–H and O–H groups in total. The molecule has 0 saturated carbocycles. The Morgan fingerprint density at radius 1 is 1.13 bits per heavy atom. The summed E-state index contributed by atoms with van der Waals surface area (Å²) in [6.45, 7) is 18.4. The largest absolute Gasteiger partial charge is 0.394 e.